The van der Waals surface area contributed by atoms with E-state index in [2.05, 4.69) is 27.8 Å². The van der Waals surface area contributed by atoms with Crippen molar-refractivity contribution in [3.8, 4) is 5.75 Å². The molecule has 0 spiro atoms. The van der Waals surface area contributed by atoms with Crippen LogP contribution < -0.4 is 10.1 Å². The zero-order chi connectivity index (χ0) is 16.8. The van der Waals surface area contributed by atoms with Crippen LogP contribution >= 0.6 is 15.9 Å². The molecule has 1 aromatic carbocycles. The minimum absolute atomic E-state index is 0.770. The molecule has 0 bridgehead atoms. The summed E-state index contributed by atoms with van der Waals surface area (Å²) in [5, 5.41) is 18.0. The average molecular weight is 374 g/mol. The van der Waals surface area contributed by atoms with Gasteiger partial charge in [-0.1, -0.05) is 28.1 Å². The van der Waals surface area contributed by atoms with Crippen molar-refractivity contribution in [2.24, 2.45) is 0 Å². The van der Waals surface area contributed by atoms with Crippen molar-refractivity contribution in [3.63, 3.8) is 0 Å². The van der Waals surface area contributed by atoms with Gasteiger partial charge in [-0.05, 0) is 37.6 Å². The van der Waals surface area contributed by atoms with Gasteiger partial charge in [-0.2, -0.15) is 0 Å². The molecule has 0 heterocycles. The summed E-state index contributed by atoms with van der Waals surface area (Å²) >= 11 is 3.41. The molecule has 0 aliphatic rings. The van der Waals surface area contributed by atoms with E-state index in [1.807, 2.05) is 30.3 Å². The number of halogens is 1. The second kappa shape index (κ2) is 12.8. The van der Waals surface area contributed by atoms with Gasteiger partial charge in [0.15, 0.2) is 0 Å². The highest BCUT2D eigenvalue weighted by Crippen LogP contribution is 2.17. The van der Waals surface area contributed by atoms with Crippen LogP contribution in [0.5, 0.6) is 5.75 Å². The lowest BCUT2D eigenvalue weighted by atomic mass is 10.3. The summed E-state index contributed by atoms with van der Waals surface area (Å²) in [6.45, 7) is 6.32. The quantitative estimate of drug-likeness (QED) is 0.368. The Morgan fingerprint density at radius 2 is 1.95 bits per heavy atom. The Bertz CT molecular complexity index is 467. The molecule has 7 heteroatoms. The predicted molar refractivity (Wildman–Crippen MR) is 87.2 cm³/mol. The van der Waals surface area contributed by atoms with Gasteiger partial charge in [0.2, 0.25) is 0 Å². The minimum atomic E-state index is -1.82. The topological polar surface area (TPSA) is 95.9 Å². The molecule has 0 amide bonds. The van der Waals surface area contributed by atoms with Gasteiger partial charge in [0.1, 0.15) is 5.75 Å². The number of benzene rings is 1. The molecule has 1 aromatic rings. The summed E-state index contributed by atoms with van der Waals surface area (Å²) in [5.74, 6) is -2.72. The van der Waals surface area contributed by atoms with Crippen LogP contribution in [0, 0.1) is 0 Å². The number of hydrogen-bond acceptors (Lipinski definition) is 4. The van der Waals surface area contributed by atoms with Gasteiger partial charge in [0.05, 0.1) is 6.61 Å². The van der Waals surface area contributed by atoms with Crippen molar-refractivity contribution in [1.29, 1.82) is 0 Å². The normalized spacial score (nSPS) is 9.32. The number of nitrogens with one attached hydrogen (secondary N) is 1. The lowest BCUT2D eigenvalue weighted by Crippen LogP contribution is -2.15. The third-order valence-electron chi connectivity index (χ3n) is 2.28. The average Bonchev–Trinajstić information content (AvgIpc) is 2.47. The van der Waals surface area contributed by atoms with E-state index in [4.69, 9.17) is 24.5 Å². The number of carbonyl (C=O) groups is 2. The van der Waals surface area contributed by atoms with Crippen LogP contribution in [0.1, 0.15) is 12.8 Å². The molecule has 0 aliphatic heterocycles. The molecule has 0 fully saturated rings. The number of ether oxygens (including phenoxy) is 1. The number of rotatable bonds is 8. The standard InChI is InChI=1S/C13H18BrNO.C2H2O4/c1-2-8-15-9-3-4-10-16-13-7-5-6-12(14)11-13;3-1(4)2(5)6/h2,5-7,11,15H,1,3-4,8-10H2;(H,3,4)(H,5,6). The Labute approximate surface area is 137 Å². The molecule has 1 rings (SSSR count). The Kier molecular flexibility index (Phi) is 11.8. The first-order valence-corrected chi connectivity index (χ1v) is 7.43. The van der Waals surface area contributed by atoms with E-state index in [1.165, 1.54) is 0 Å². The fraction of sp³-hybridized carbons (Fsp3) is 0.333. The maximum atomic E-state index is 9.10. The molecule has 0 saturated carbocycles. The van der Waals surface area contributed by atoms with Gasteiger partial charge in [-0.15, -0.1) is 6.58 Å². The smallest absolute Gasteiger partial charge is 0.414 e. The van der Waals surface area contributed by atoms with E-state index in [1.54, 1.807) is 0 Å². The Morgan fingerprint density at radius 1 is 1.27 bits per heavy atom. The lowest BCUT2D eigenvalue weighted by Gasteiger charge is -2.06. The van der Waals surface area contributed by atoms with Crippen molar-refractivity contribution >= 4 is 27.9 Å². The molecule has 0 unspecified atom stereocenters. The molecule has 22 heavy (non-hydrogen) atoms. The van der Waals surface area contributed by atoms with Crippen LogP contribution in [-0.4, -0.2) is 41.8 Å². The first-order chi connectivity index (χ1) is 10.5. The van der Waals surface area contributed by atoms with E-state index in [9.17, 15) is 0 Å². The van der Waals surface area contributed by atoms with Crippen LogP contribution in [0.15, 0.2) is 41.4 Å². The Morgan fingerprint density at radius 3 is 2.50 bits per heavy atom. The lowest BCUT2D eigenvalue weighted by molar-refractivity contribution is -0.159. The van der Waals surface area contributed by atoms with Crippen LogP contribution in [0.3, 0.4) is 0 Å². The number of carboxylic acid groups (broad SMARTS) is 2. The second-order valence-corrected chi connectivity index (χ2v) is 5.03. The van der Waals surface area contributed by atoms with Crippen molar-refractivity contribution < 1.29 is 24.5 Å². The van der Waals surface area contributed by atoms with Gasteiger partial charge in [0.25, 0.3) is 0 Å². The Balaban J connectivity index is 0.000000626. The van der Waals surface area contributed by atoms with Crippen LogP contribution in [-0.2, 0) is 9.59 Å². The minimum Gasteiger partial charge on any atom is -0.494 e. The molecule has 0 radical (unpaired) electrons. The van der Waals surface area contributed by atoms with Gasteiger partial charge >= 0.3 is 11.9 Å². The van der Waals surface area contributed by atoms with Crippen molar-refractivity contribution in [2.75, 3.05) is 19.7 Å². The van der Waals surface area contributed by atoms with Gasteiger partial charge in [0, 0.05) is 11.0 Å². The molecule has 0 aromatic heterocycles. The molecular weight excluding hydrogens is 354 g/mol. The highest BCUT2D eigenvalue weighted by molar-refractivity contribution is 9.10. The van der Waals surface area contributed by atoms with E-state index in [-0.39, 0.29) is 0 Å². The summed E-state index contributed by atoms with van der Waals surface area (Å²) in [7, 11) is 0. The van der Waals surface area contributed by atoms with Crippen molar-refractivity contribution in [1.82, 2.24) is 5.32 Å². The zero-order valence-electron chi connectivity index (χ0n) is 12.1. The third-order valence-corrected chi connectivity index (χ3v) is 2.78. The molecule has 122 valence electrons. The van der Waals surface area contributed by atoms with Crippen LogP contribution in [0.4, 0.5) is 0 Å². The molecule has 0 atom stereocenters. The summed E-state index contributed by atoms with van der Waals surface area (Å²) in [6.07, 6.45) is 4.07. The summed E-state index contributed by atoms with van der Waals surface area (Å²) in [4.78, 5) is 18.2. The molecule has 3 N–H and O–H groups in total. The highest BCUT2D eigenvalue weighted by atomic mass is 79.9. The van der Waals surface area contributed by atoms with Gasteiger partial charge in [-0.3, -0.25) is 0 Å². The van der Waals surface area contributed by atoms with E-state index in [0.29, 0.717) is 0 Å². The summed E-state index contributed by atoms with van der Waals surface area (Å²) in [5.41, 5.74) is 0. The van der Waals surface area contributed by atoms with Gasteiger partial charge in [-0.25, -0.2) is 9.59 Å². The van der Waals surface area contributed by atoms with E-state index >= 15 is 0 Å². The molecule has 6 nitrogen and oxygen atoms in total. The van der Waals surface area contributed by atoms with Crippen LogP contribution in [0.25, 0.3) is 0 Å². The summed E-state index contributed by atoms with van der Waals surface area (Å²) < 4.78 is 6.67. The van der Waals surface area contributed by atoms with Gasteiger partial charge < -0.3 is 20.3 Å². The molecule has 0 saturated heterocycles. The van der Waals surface area contributed by atoms with E-state index in [0.717, 1.165) is 42.8 Å². The van der Waals surface area contributed by atoms with Crippen molar-refractivity contribution in [3.05, 3.63) is 41.4 Å². The summed E-state index contributed by atoms with van der Waals surface area (Å²) in [6, 6.07) is 7.92. The van der Waals surface area contributed by atoms with Crippen LogP contribution in [0.2, 0.25) is 0 Å². The fourth-order valence-electron chi connectivity index (χ4n) is 1.30. The zero-order valence-corrected chi connectivity index (χ0v) is 13.7. The monoisotopic (exact) mass is 373 g/mol. The number of unbranched alkanes of at least 4 members (excludes halogenated alkanes) is 1. The fourth-order valence-corrected chi connectivity index (χ4v) is 1.68. The van der Waals surface area contributed by atoms with Crippen molar-refractivity contribution in [2.45, 2.75) is 12.8 Å². The third kappa shape index (κ3) is 11.9. The SMILES string of the molecule is C=CCNCCCCOc1cccc(Br)c1.O=C(O)C(=O)O. The molecular formula is C15H20BrNO5. The predicted octanol–water partition coefficient (Wildman–Crippen LogP) is 2.54. The van der Waals surface area contributed by atoms with E-state index < -0.39 is 11.9 Å². The maximum absolute atomic E-state index is 9.10. The maximum Gasteiger partial charge on any atom is 0.414 e. The number of carboxylic acids is 2. The largest absolute Gasteiger partial charge is 0.494 e. The molecule has 0 aliphatic carbocycles. The Hall–Kier alpha value is -1.86. The highest BCUT2D eigenvalue weighted by Gasteiger charge is 2.04. The first kappa shape index (κ1) is 20.1. The number of hydrogen-bond donors (Lipinski definition) is 3. The first-order valence-electron chi connectivity index (χ1n) is 6.63. The number of aliphatic carboxylic acids is 2. The second-order valence-electron chi connectivity index (χ2n) is 4.12.